The molecule has 0 unspecified atom stereocenters. The van der Waals surface area contributed by atoms with E-state index in [2.05, 4.69) is 60.7 Å². The molecule has 0 aliphatic heterocycles. The summed E-state index contributed by atoms with van der Waals surface area (Å²) in [6, 6.07) is 21.6. The molecule has 6 heteroatoms. The molecule has 0 amide bonds. The van der Waals surface area contributed by atoms with Crippen LogP contribution < -0.4 is 6.54 Å². The van der Waals surface area contributed by atoms with Crippen molar-refractivity contribution in [1.29, 1.82) is 0 Å². The second-order valence-corrected chi connectivity index (χ2v) is 8.47. The molecular formula is C14H11BiF3O2. The molecule has 2 rings (SSSR count). The summed E-state index contributed by atoms with van der Waals surface area (Å²) >= 11 is -0.613. The summed E-state index contributed by atoms with van der Waals surface area (Å²) in [4.78, 5) is 8.90. The molecular weight excluding hydrogens is 466 g/mol. The molecule has 2 nitrogen and oxygen atoms in total. The fourth-order valence-corrected chi connectivity index (χ4v) is 4.81. The monoisotopic (exact) mass is 477 g/mol. The van der Waals surface area contributed by atoms with Gasteiger partial charge in [0.05, 0.1) is 0 Å². The second-order valence-electron chi connectivity index (χ2n) is 3.59. The number of rotatable bonds is 2. The van der Waals surface area contributed by atoms with E-state index in [1.165, 1.54) is 0 Å². The van der Waals surface area contributed by atoms with Crippen LogP contribution in [0.4, 0.5) is 13.2 Å². The van der Waals surface area contributed by atoms with Gasteiger partial charge in [0, 0.05) is 0 Å². The van der Waals surface area contributed by atoms with Crippen molar-refractivity contribution in [3.8, 4) is 0 Å². The number of hydrogen-bond acceptors (Lipinski definition) is 1. The maximum absolute atomic E-state index is 10.6. The fraction of sp³-hybridized carbons (Fsp3) is 0.0714. The molecule has 1 radical (unpaired) electrons. The SMILES string of the molecule is O=C(O)C(F)(F)F.c1cc[c]([Bi][c]2ccccc2)cc1. The van der Waals surface area contributed by atoms with Gasteiger partial charge >= 0.3 is 103 Å². The van der Waals surface area contributed by atoms with Crippen LogP contribution in [0.15, 0.2) is 60.7 Å². The average Bonchev–Trinajstić information content (AvgIpc) is 2.40. The quantitative estimate of drug-likeness (QED) is 0.673. The van der Waals surface area contributed by atoms with Crippen molar-refractivity contribution < 1.29 is 23.1 Å². The van der Waals surface area contributed by atoms with Gasteiger partial charge in [-0.25, -0.2) is 4.79 Å². The van der Waals surface area contributed by atoms with Crippen molar-refractivity contribution in [2.24, 2.45) is 0 Å². The molecule has 2 aromatic rings. The number of carboxylic acid groups (broad SMARTS) is 1. The first-order valence-corrected chi connectivity index (χ1v) is 8.99. The van der Waals surface area contributed by atoms with Gasteiger partial charge in [0.15, 0.2) is 0 Å². The number of aliphatic carboxylic acids is 1. The topological polar surface area (TPSA) is 37.3 Å². The van der Waals surface area contributed by atoms with E-state index in [9.17, 15) is 13.2 Å². The Morgan fingerprint density at radius 1 is 0.850 bits per heavy atom. The molecule has 2 aromatic carbocycles. The van der Waals surface area contributed by atoms with Crippen LogP contribution in [0.1, 0.15) is 0 Å². The normalized spacial score (nSPS) is 10.3. The van der Waals surface area contributed by atoms with Gasteiger partial charge in [0.1, 0.15) is 0 Å². The van der Waals surface area contributed by atoms with Gasteiger partial charge in [0.2, 0.25) is 0 Å². The molecule has 0 saturated carbocycles. The Morgan fingerprint density at radius 2 is 1.15 bits per heavy atom. The predicted octanol–water partition coefficient (Wildman–Crippen LogP) is 1.97. The first-order valence-electron chi connectivity index (χ1n) is 5.51. The van der Waals surface area contributed by atoms with Crippen molar-refractivity contribution in [2.45, 2.75) is 6.18 Å². The number of benzene rings is 2. The summed E-state index contributed by atoms with van der Waals surface area (Å²) in [5.41, 5.74) is 0. The van der Waals surface area contributed by atoms with E-state index >= 15 is 0 Å². The molecule has 1 N–H and O–H groups in total. The minimum absolute atomic E-state index is 0.613. The van der Waals surface area contributed by atoms with Crippen LogP contribution in [0.25, 0.3) is 0 Å². The Kier molecular flexibility index (Phi) is 6.66. The van der Waals surface area contributed by atoms with Gasteiger partial charge < -0.3 is 5.11 Å². The van der Waals surface area contributed by atoms with Crippen molar-refractivity contribution in [3.05, 3.63) is 60.7 Å². The van der Waals surface area contributed by atoms with E-state index in [0.717, 1.165) is 0 Å². The number of halogens is 3. The standard InChI is InChI=1S/2C6H5.C2HF3O2.Bi/c2*1-2-4-6-5-3-1;3-2(4,5)1(6)7;/h2*1-5H;(H,6,7);. The van der Waals surface area contributed by atoms with E-state index in [-0.39, 0.29) is 0 Å². The van der Waals surface area contributed by atoms with Crippen molar-refractivity contribution in [1.82, 2.24) is 0 Å². The molecule has 0 aliphatic carbocycles. The zero-order chi connectivity index (χ0) is 15.0. The zero-order valence-corrected chi connectivity index (χ0v) is 13.7. The van der Waals surface area contributed by atoms with Crippen LogP contribution in [0, 0.1) is 0 Å². The van der Waals surface area contributed by atoms with Gasteiger partial charge in [0.25, 0.3) is 0 Å². The molecule has 20 heavy (non-hydrogen) atoms. The van der Waals surface area contributed by atoms with Crippen LogP contribution in [0.5, 0.6) is 0 Å². The summed E-state index contributed by atoms with van der Waals surface area (Å²) in [7, 11) is 0. The maximum atomic E-state index is 10.6. The van der Waals surface area contributed by atoms with Gasteiger partial charge in [-0.2, -0.15) is 13.2 Å². The number of alkyl halides is 3. The third-order valence-electron chi connectivity index (χ3n) is 2.01. The number of hydrogen-bond donors (Lipinski definition) is 1. The van der Waals surface area contributed by atoms with E-state index in [1.807, 2.05) is 0 Å². The predicted molar refractivity (Wildman–Crippen MR) is 71.6 cm³/mol. The molecule has 0 fully saturated rings. The zero-order valence-electron chi connectivity index (χ0n) is 10.2. The molecule has 0 bridgehead atoms. The number of carbonyl (C=O) groups is 1. The van der Waals surface area contributed by atoms with Gasteiger partial charge in [-0.1, -0.05) is 0 Å². The fourth-order valence-electron chi connectivity index (χ4n) is 1.15. The third-order valence-corrected chi connectivity index (χ3v) is 6.34. The molecule has 105 valence electrons. The second kappa shape index (κ2) is 8.00. The van der Waals surface area contributed by atoms with Gasteiger partial charge in [-0.15, -0.1) is 0 Å². The average molecular weight is 477 g/mol. The van der Waals surface area contributed by atoms with Crippen LogP contribution in [-0.4, -0.2) is 40.5 Å². The molecule has 0 aromatic heterocycles. The van der Waals surface area contributed by atoms with Gasteiger partial charge in [-0.3, -0.25) is 0 Å². The molecule has 0 spiro atoms. The Morgan fingerprint density at radius 3 is 1.40 bits per heavy atom. The molecule has 0 saturated heterocycles. The van der Waals surface area contributed by atoms with E-state index in [0.29, 0.717) is 0 Å². The van der Waals surface area contributed by atoms with Crippen LogP contribution in [-0.2, 0) is 4.79 Å². The van der Waals surface area contributed by atoms with Crippen LogP contribution in [0.3, 0.4) is 0 Å². The minimum atomic E-state index is -5.08. The third kappa shape index (κ3) is 6.66. The van der Waals surface area contributed by atoms with E-state index < -0.39 is 35.4 Å². The first-order chi connectivity index (χ1) is 9.39. The Balaban J connectivity index is 0.000000246. The summed E-state index contributed by atoms with van der Waals surface area (Å²) in [5.74, 6) is -2.76. The van der Waals surface area contributed by atoms with Crippen molar-refractivity contribution in [3.63, 3.8) is 0 Å². The van der Waals surface area contributed by atoms with Crippen molar-refractivity contribution in [2.75, 3.05) is 0 Å². The Labute approximate surface area is 125 Å². The van der Waals surface area contributed by atoms with E-state index in [1.54, 1.807) is 6.54 Å². The van der Waals surface area contributed by atoms with Gasteiger partial charge in [-0.05, 0) is 0 Å². The number of carboxylic acids is 1. The Bertz CT molecular complexity index is 490. The van der Waals surface area contributed by atoms with Crippen molar-refractivity contribution >= 4 is 35.7 Å². The van der Waals surface area contributed by atoms with E-state index in [4.69, 9.17) is 9.90 Å². The summed E-state index contributed by atoms with van der Waals surface area (Å²) < 4.78 is 34.8. The molecule has 0 aliphatic rings. The summed E-state index contributed by atoms with van der Waals surface area (Å²) in [6.45, 7) is 0. The van der Waals surface area contributed by atoms with Crippen LogP contribution in [0.2, 0.25) is 0 Å². The summed E-state index contributed by atoms with van der Waals surface area (Å²) in [6.07, 6.45) is -5.08. The molecule has 0 atom stereocenters. The summed E-state index contributed by atoms with van der Waals surface area (Å²) in [5, 5.41) is 7.12. The first kappa shape index (κ1) is 16.6. The van der Waals surface area contributed by atoms with Crippen LogP contribution >= 0.6 is 0 Å². The Hall–Kier alpha value is -1.42. The molecule has 0 heterocycles.